The summed E-state index contributed by atoms with van der Waals surface area (Å²) in [5, 5.41) is 0.847. The van der Waals surface area contributed by atoms with Crippen molar-refractivity contribution in [3.05, 3.63) is 40.7 Å². The third-order valence-corrected chi connectivity index (χ3v) is 3.81. The smallest absolute Gasteiger partial charge is 0.147 e. The Morgan fingerprint density at radius 1 is 1.35 bits per heavy atom. The monoisotopic (exact) mass is 292 g/mol. The van der Waals surface area contributed by atoms with Crippen LogP contribution in [0.15, 0.2) is 24.3 Å². The lowest BCUT2D eigenvalue weighted by molar-refractivity contribution is 0.414. The Hall–Kier alpha value is -1.50. The minimum absolute atomic E-state index is 0.0655. The molecule has 2 atom stereocenters. The highest BCUT2D eigenvalue weighted by Gasteiger charge is 2.14. The van der Waals surface area contributed by atoms with Crippen molar-refractivity contribution in [2.75, 3.05) is 7.11 Å². The number of nitrogens with two attached hydrogens (primary N) is 2. The normalized spacial score (nSPS) is 14.0. The summed E-state index contributed by atoms with van der Waals surface area (Å²) in [6.45, 7) is 1.94. The van der Waals surface area contributed by atoms with Crippen LogP contribution in [0.1, 0.15) is 35.8 Å². The van der Waals surface area contributed by atoms with Crippen LogP contribution in [-0.4, -0.2) is 22.5 Å². The molecule has 1 aromatic carbocycles. The Bertz CT molecular complexity index is 556. The largest absolute Gasteiger partial charge is 0.497 e. The third kappa shape index (κ3) is 4.00. The first-order valence-corrected chi connectivity index (χ1v) is 7.32. The number of hydrogen-bond donors (Lipinski definition) is 2. The summed E-state index contributed by atoms with van der Waals surface area (Å²) in [7, 11) is 1.66. The molecule has 0 spiro atoms. The van der Waals surface area contributed by atoms with Gasteiger partial charge >= 0.3 is 0 Å². The van der Waals surface area contributed by atoms with Gasteiger partial charge in [0.25, 0.3) is 0 Å². The molecule has 0 aliphatic heterocycles. The van der Waals surface area contributed by atoms with Crippen LogP contribution in [0.4, 0.5) is 0 Å². The highest BCUT2D eigenvalue weighted by molar-refractivity contribution is 7.05. The molecule has 2 aromatic rings. The first kappa shape index (κ1) is 14.9. The lowest BCUT2D eigenvalue weighted by Crippen LogP contribution is -2.23. The highest BCUT2D eigenvalue weighted by Crippen LogP contribution is 2.20. The second-order valence-corrected chi connectivity index (χ2v) is 5.68. The molecule has 0 amide bonds. The van der Waals surface area contributed by atoms with Crippen molar-refractivity contribution < 1.29 is 4.74 Å². The second-order valence-electron chi connectivity index (χ2n) is 4.90. The molecule has 108 valence electrons. The predicted molar refractivity (Wildman–Crippen MR) is 80.9 cm³/mol. The SMILES string of the molecule is COc1cccc(Cc2nsc(C(N)CC(C)N)n2)c1. The van der Waals surface area contributed by atoms with E-state index >= 15 is 0 Å². The molecule has 0 fully saturated rings. The molecule has 2 unspecified atom stereocenters. The maximum absolute atomic E-state index is 6.06. The molecule has 0 saturated carbocycles. The molecule has 6 heteroatoms. The van der Waals surface area contributed by atoms with E-state index in [1.54, 1.807) is 7.11 Å². The fourth-order valence-corrected chi connectivity index (χ4v) is 2.64. The molecule has 0 aliphatic carbocycles. The second kappa shape index (κ2) is 6.78. The molecule has 5 nitrogen and oxygen atoms in total. The Morgan fingerprint density at radius 2 is 2.15 bits per heavy atom. The van der Waals surface area contributed by atoms with E-state index in [0.717, 1.165) is 22.1 Å². The Morgan fingerprint density at radius 3 is 2.85 bits per heavy atom. The summed E-state index contributed by atoms with van der Waals surface area (Å²) in [6, 6.07) is 7.83. The van der Waals surface area contributed by atoms with Gasteiger partial charge in [0.1, 0.15) is 16.6 Å². The van der Waals surface area contributed by atoms with Gasteiger partial charge in [-0.2, -0.15) is 4.37 Å². The Labute approximate surface area is 123 Å². The van der Waals surface area contributed by atoms with Gasteiger partial charge in [-0.3, -0.25) is 0 Å². The van der Waals surface area contributed by atoms with Crippen molar-refractivity contribution in [1.82, 2.24) is 9.36 Å². The van der Waals surface area contributed by atoms with Crippen LogP contribution in [0.3, 0.4) is 0 Å². The first-order valence-electron chi connectivity index (χ1n) is 6.55. The van der Waals surface area contributed by atoms with Gasteiger partial charge in [-0.05, 0) is 42.6 Å². The number of aromatic nitrogens is 2. The maximum atomic E-state index is 6.06. The number of methoxy groups -OCH3 is 1. The number of nitrogens with zero attached hydrogens (tertiary/aromatic N) is 2. The summed E-state index contributed by atoms with van der Waals surface area (Å²) < 4.78 is 9.57. The van der Waals surface area contributed by atoms with Gasteiger partial charge in [-0.1, -0.05) is 12.1 Å². The molecule has 0 bridgehead atoms. The molecule has 20 heavy (non-hydrogen) atoms. The first-order chi connectivity index (χ1) is 9.58. The van der Waals surface area contributed by atoms with E-state index in [1.807, 2.05) is 31.2 Å². The topological polar surface area (TPSA) is 87.0 Å². The number of hydrogen-bond acceptors (Lipinski definition) is 6. The lowest BCUT2D eigenvalue weighted by atomic mass is 10.1. The molecule has 4 N–H and O–H groups in total. The van der Waals surface area contributed by atoms with Crippen molar-refractivity contribution in [3.8, 4) is 5.75 Å². The summed E-state index contributed by atoms with van der Waals surface area (Å²) in [6.07, 6.45) is 1.40. The standard InChI is InChI=1S/C14H20N4OS/c1-9(15)6-12(16)14-17-13(18-20-14)8-10-4-3-5-11(7-10)19-2/h3-5,7,9,12H,6,8,15-16H2,1-2H3. The number of rotatable bonds is 6. The third-order valence-electron chi connectivity index (χ3n) is 2.92. The van der Waals surface area contributed by atoms with Crippen molar-refractivity contribution in [2.24, 2.45) is 11.5 Å². The Balaban J connectivity index is 2.05. The van der Waals surface area contributed by atoms with Gasteiger partial charge in [0.05, 0.1) is 13.2 Å². The zero-order valence-electron chi connectivity index (χ0n) is 11.7. The average molecular weight is 292 g/mol. The van der Waals surface area contributed by atoms with Crippen LogP contribution in [0.5, 0.6) is 5.75 Å². The minimum atomic E-state index is -0.133. The minimum Gasteiger partial charge on any atom is -0.497 e. The fourth-order valence-electron chi connectivity index (χ4n) is 1.96. The van der Waals surface area contributed by atoms with Gasteiger partial charge in [0, 0.05) is 12.5 Å². The molecule has 0 aliphatic rings. The zero-order valence-corrected chi connectivity index (χ0v) is 12.6. The van der Waals surface area contributed by atoms with Crippen molar-refractivity contribution in [2.45, 2.75) is 31.8 Å². The van der Waals surface area contributed by atoms with Crippen LogP contribution in [0.2, 0.25) is 0 Å². The van der Waals surface area contributed by atoms with E-state index in [1.165, 1.54) is 11.5 Å². The van der Waals surface area contributed by atoms with Crippen LogP contribution in [0.25, 0.3) is 0 Å². The molecule has 2 rings (SSSR count). The summed E-state index contributed by atoms with van der Waals surface area (Å²) >= 11 is 1.36. The average Bonchev–Trinajstić information content (AvgIpc) is 2.87. The number of ether oxygens (including phenoxy) is 1. The van der Waals surface area contributed by atoms with Gasteiger partial charge in [-0.15, -0.1) is 0 Å². The van der Waals surface area contributed by atoms with E-state index in [-0.39, 0.29) is 12.1 Å². The zero-order chi connectivity index (χ0) is 14.5. The fraction of sp³-hybridized carbons (Fsp3) is 0.429. The molecular weight excluding hydrogens is 272 g/mol. The lowest BCUT2D eigenvalue weighted by Gasteiger charge is -2.09. The van der Waals surface area contributed by atoms with Crippen molar-refractivity contribution >= 4 is 11.5 Å². The van der Waals surface area contributed by atoms with Gasteiger partial charge in [-0.25, -0.2) is 4.98 Å². The van der Waals surface area contributed by atoms with Gasteiger partial charge < -0.3 is 16.2 Å². The summed E-state index contributed by atoms with van der Waals surface area (Å²) in [5.41, 5.74) is 12.9. The Kier molecular flexibility index (Phi) is 5.05. The molecule has 0 radical (unpaired) electrons. The van der Waals surface area contributed by atoms with Crippen LogP contribution in [0, 0.1) is 0 Å². The summed E-state index contributed by atoms with van der Waals surface area (Å²) in [4.78, 5) is 4.50. The van der Waals surface area contributed by atoms with E-state index in [2.05, 4.69) is 9.36 Å². The quantitative estimate of drug-likeness (QED) is 0.848. The van der Waals surface area contributed by atoms with Crippen LogP contribution < -0.4 is 16.2 Å². The van der Waals surface area contributed by atoms with Crippen molar-refractivity contribution in [1.29, 1.82) is 0 Å². The maximum Gasteiger partial charge on any atom is 0.147 e. The van der Waals surface area contributed by atoms with Gasteiger partial charge in [0.15, 0.2) is 0 Å². The molecule has 1 aromatic heterocycles. The number of benzene rings is 1. The molecule has 0 saturated heterocycles. The van der Waals surface area contributed by atoms with Gasteiger partial charge in [0.2, 0.25) is 0 Å². The van der Waals surface area contributed by atoms with Crippen LogP contribution >= 0.6 is 11.5 Å². The highest BCUT2D eigenvalue weighted by atomic mass is 32.1. The van der Waals surface area contributed by atoms with E-state index in [9.17, 15) is 0 Å². The summed E-state index contributed by atoms with van der Waals surface area (Å²) in [5.74, 6) is 1.63. The van der Waals surface area contributed by atoms with E-state index < -0.39 is 0 Å². The molecule has 1 heterocycles. The van der Waals surface area contributed by atoms with Crippen LogP contribution in [-0.2, 0) is 6.42 Å². The predicted octanol–water partition coefficient (Wildman–Crippen LogP) is 1.87. The van der Waals surface area contributed by atoms with E-state index in [4.69, 9.17) is 16.2 Å². The van der Waals surface area contributed by atoms with Crippen molar-refractivity contribution in [3.63, 3.8) is 0 Å². The van der Waals surface area contributed by atoms with E-state index in [0.29, 0.717) is 12.8 Å². The molecular formula is C14H20N4OS.